The van der Waals surface area contributed by atoms with Crippen LogP contribution in [-0.4, -0.2) is 111 Å². The van der Waals surface area contributed by atoms with Gasteiger partial charge in [-0.1, -0.05) is 0 Å². The topological polar surface area (TPSA) is 182 Å². The molecule has 0 aromatic rings. The number of hydrogen-bond acceptors (Lipinski definition) is 9. The fourth-order valence-corrected chi connectivity index (χ4v) is 4.41. The quantitative estimate of drug-likeness (QED) is 0.155. The summed E-state index contributed by atoms with van der Waals surface area (Å²) in [4.78, 5) is 64.5. The standard InChI is InChI=1S/C19H31N5O7S2/c20-10(8-32)17(28)23-5-1-3-13(23)16(27)21-11(7-25)15(26)22-12(9-33)18(29)24-6-2-4-14(24)19(30)31/h10-14,25,32-33H,1-9,20H2,(H,21,27)(H,22,26)(H,30,31). The number of carbonyl (C=O) groups is 5. The fourth-order valence-electron chi connectivity index (χ4n) is 4.00. The Labute approximate surface area is 202 Å². The zero-order chi connectivity index (χ0) is 24.7. The molecule has 12 nitrogen and oxygen atoms in total. The second kappa shape index (κ2) is 12.4. The number of carboxylic acid groups (broad SMARTS) is 1. The van der Waals surface area contributed by atoms with Crippen molar-refractivity contribution in [3.05, 3.63) is 0 Å². The summed E-state index contributed by atoms with van der Waals surface area (Å²) in [7, 11) is 0. The van der Waals surface area contributed by atoms with E-state index in [2.05, 4.69) is 35.9 Å². The predicted molar refractivity (Wildman–Crippen MR) is 124 cm³/mol. The molecular weight excluding hydrogens is 474 g/mol. The van der Waals surface area contributed by atoms with Crippen molar-refractivity contribution in [1.29, 1.82) is 0 Å². The molecule has 0 aromatic heterocycles. The van der Waals surface area contributed by atoms with Gasteiger partial charge in [0.2, 0.25) is 23.6 Å². The van der Waals surface area contributed by atoms with E-state index in [-0.39, 0.29) is 18.1 Å². The molecule has 0 aromatic carbocycles. The van der Waals surface area contributed by atoms with E-state index in [4.69, 9.17) is 5.73 Å². The van der Waals surface area contributed by atoms with Crippen LogP contribution in [0.4, 0.5) is 0 Å². The molecule has 33 heavy (non-hydrogen) atoms. The van der Waals surface area contributed by atoms with Crippen molar-refractivity contribution >= 4 is 54.9 Å². The molecule has 186 valence electrons. The summed E-state index contributed by atoms with van der Waals surface area (Å²) >= 11 is 8.09. The monoisotopic (exact) mass is 505 g/mol. The highest BCUT2D eigenvalue weighted by atomic mass is 32.1. The van der Waals surface area contributed by atoms with E-state index >= 15 is 0 Å². The number of thiol groups is 2. The second-order valence-corrected chi connectivity index (χ2v) is 8.72. The van der Waals surface area contributed by atoms with Gasteiger partial charge in [-0.2, -0.15) is 25.3 Å². The van der Waals surface area contributed by atoms with Crippen LogP contribution >= 0.6 is 25.3 Å². The van der Waals surface area contributed by atoms with Gasteiger partial charge < -0.3 is 36.4 Å². The maximum Gasteiger partial charge on any atom is 0.326 e. The molecule has 5 unspecified atom stereocenters. The molecule has 0 spiro atoms. The third-order valence-corrected chi connectivity index (χ3v) is 6.54. The minimum Gasteiger partial charge on any atom is -0.480 e. The summed E-state index contributed by atoms with van der Waals surface area (Å²) in [5.74, 6) is -3.59. The minimum absolute atomic E-state index is 0.105. The van der Waals surface area contributed by atoms with Gasteiger partial charge in [-0.05, 0) is 25.7 Å². The lowest BCUT2D eigenvalue weighted by Crippen LogP contribution is -2.59. The number of rotatable bonds is 10. The molecule has 4 amide bonds. The van der Waals surface area contributed by atoms with Crippen molar-refractivity contribution in [2.45, 2.75) is 55.9 Å². The molecule has 0 saturated carbocycles. The van der Waals surface area contributed by atoms with Crippen LogP contribution in [0.15, 0.2) is 0 Å². The van der Waals surface area contributed by atoms with Crippen molar-refractivity contribution in [1.82, 2.24) is 20.4 Å². The Bertz CT molecular complexity index is 771. The van der Waals surface area contributed by atoms with Gasteiger partial charge in [0.05, 0.1) is 12.6 Å². The molecule has 0 aliphatic carbocycles. The number of aliphatic hydroxyl groups is 1. The number of aliphatic hydroxyl groups excluding tert-OH is 1. The average molecular weight is 506 g/mol. The Hall–Kier alpha value is -2.03. The van der Waals surface area contributed by atoms with Crippen LogP contribution in [0.1, 0.15) is 25.7 Å². The van der Waals surface area contributed by atoms with Crippen molar-refractivity contribution in [3.8, 4) is 0 Å². The van der Waals surface area contributed by atoms with Crippen molar-refractivity contribution in [2.24, 2.45) is 5.73 Å². The first-order valence-corrected chi connectivity index (χ1v) is 11.9. The van der Waals surface area contributed by atoms with Crippen LogP contribution in [0.25, 0.3) is 0 Å². The van der Waals surface area contributed by atoms with Crippen LogP contribution in [0.3, 0.4) is 0 Å². The third kappa shape index (κ3) is 6.52. The second-order valence-electron chi connectivity index (χ2n) is 7.99. The molecule has 2 saturated heterocycles. The van der Waals surface area contributed by atoms with Crippen LogP contribution in [0, 0.1) is 0 Å². The Morgan fingerprint density at radius 3 is 2.00 bits per heavy atom. The normalized spacial score (nSPS) is 23.0. The highest BCUT2D eigenvalue weighted by Gasteiger charge is 2.39. The molecule has 2 rings (SSSR count). The van der Waals surface area contributed by atoms with Gasteiger partial charge in [-0.25, -0.2) is 4.79 Å². The smallest absolute Gasteiger partial charge is 0.326 e. The molecule has 14 heteroatoms. The molecule has 6 N–H and O–H groups in total. The van der Waals surface area contributed by atoms with Gasteiger partial charge in [0, 0.05) is 24.6 Å². The Kier molecular flexibility index (Phi) is 10.3. The maximum absolute atomic E-state index is 12.8. The molecule has 5 atom stereocenters. The maximum atomic E-state index is 12.8. The number of nitrogens with one attached hydrogen (secondary N) is 2. The zero-order valence-corrected chi connectivity index (χ0v) is 19.8. The highest BCUT2D eigenvalue weighted by Crippen LogP contribution is 2.20. The van der Waals surface area contributed by atoms with Crippen molar-refractivity contribution < 1.29 is 34.2 Å². The lowest BCUT2D eigenvalue weighted by atomic mass is 10.1. The summed E-state index contributed by atoms with van der Waals surface area (Å²) in [6.07, 6.45) is 1.80. The summed E-state index contributed by atoms with van der Waals surface area (Å²) in [5.41, 5.74) is 5.73. The number of amides is 4. The number of carboxylic acids is 1. The Morgan fingerprint density at radius 2 is 1.48 bits per heavy atom. The van der Waals surface area contributed by atoms with Crippen molar-refractivity contribution in [2.75, 3.05) is 31.2 Å². The van der Waals surface area contributed by atoms with Crippen LogP contribution in [0.2, 0.25) is 0 Å². The first kappa shape index (κ1) is 27.2. The Balaban J connectivity index is 2.02. The summed E-state index contributed by atoms with van der Waals surface area (Å²) < 4.78 is 0. The lowest BCUT2D eigenvalue weighted by molar-refractivity contribution is -0.149. The highest BCUT2D eigenvalue weighted by molar-refractivity contribution is 7.80. The van der Waals surface area contributed by atoms with E-state index in [1.165, 1.54) is 9.80 Å². The number of likely N-dealkylation sites (tertiary alicyclic amines) is 2. The van der Waals surface area contributed by atoms with E-state index in [9.17, 15) is 34.2 Å². The number of aliphatic carboxylic acids is 1. The van der Waals surface area contributed by atoms with Gasteiger partial charge in [0.1, 0.15) is 24.2 Å². The minimum atomic E-state index is -1.38. The first-order chi connectivity index (χ1) is 15.7. The van der Waals surface area contributed by atoms with E-state index in [1.54, 1.807) is 0 Å². The van der Waals surface area contributed by atoms with Crippen LogP contribution in [-0.2, 0) is 24.0 Å². The third-order valence-electron chi connectivity index (χ3n) is 5.79. The molecule has 2 aliphatic heterocycles. The largest absolute Gasteiger partial charge is 0.480 e. The molecule has 0 radical (unpaired) electrons. The Morgan fingerprint density at radius 1 is 0.909 bits per heavy atom. The summed E-state index contributed by atoms with van der Waals surface area (Å²) in [6, 6.07) is -5.18. The molecule has 2 heterocycles. The van der Waals surface area contributed by atoms with E-state index in [1.807, 2.05) is 0 Å². The first-order valence-electron chi connectivity index (χ1n) is 10.7. The molecule has 2 aliphatic rings. The molecule has 0 bridgehead atoms. The number of hydrogen-bond donors (Lipinski definition) is 7. The predicted octanol–water partition coefficient (Wildman–Crippen LogP) is -2.80. The van der Waals surface area contributed by atoms with Crippen LogP contribution < -0.4 is 16.4 Å². The number of nitrogens with two attached hydrogens (primary N) is 1. The molecular formula is C19H31N5O7S2. The van der Waals surface area contributed by atoms with E-state index in [0.717, 1.165) is 0 Å². The van der Waals surface area contributed by atoms with E-state index < -0.39 is 66.4 Å². The summed E-state index contributed by atoms with van der Waals surface area (Å²) in [6.45, 7) is -0.162. The van der Waals surface area contributed by atoms with Gasteiger partial charge in [-0.15, -0.1) is 0 Å². The number of nitrogens with zero attached hydrogens (tertiary/aromatic N) is 2. The van der Waals surface area contributed by atoms with Crippen LogP contribution in [0.5, 0.6) is 0 Å². The fraction of sp³-hybridized carbons (Fsp3) is 0.737. The van der Waals surface area contributed by atoms with Crippen molar-refractivity contribution in [3.63, 3.8) is 0 Å². The zero-order valence-electron chi connectivity index (χ0n) is 18.1. The van der Waals surface area contributed by atoms with Gasteiger partial charge in [0.15, 0.2) is 0 Å². The summed E-state index contributed by atoms with van der Waals surface area (Å²) in [5, 5.41) is 23.8. The van der Waals surface area contributed by atoms with Gasteiger partial charge in [0.25, 0.3) is 0 Å². The SMILES string of the molecule is NC(CS)C(=O)N1CCCC1C(=O)NC(CO)C(=O)NC(CS)C(=O)N1CCCC1C(=O)O. The number of carbonyl (C=O) groups excluding carboxylic acids is 4. The van der Waals surface area contributed by atoms with E-state index in [0.29, 0.717) is 32.2 Å². The van der Waals surface area contributed by atoms with Gasteiger partial charge >= 0.3 is 5.97 Å². The molecule has 2 fully saturated rings. The lowest BCUT2D eigenvalue weighted by Gasteiger charge is -2.29. The van der Waals surface area contributed by atoms with Gasteiger partial charge in [-0.3, -0.25) is 19.2 Å². The average Bonchev–Trinajstić information content (AvgIpc) is 3.49.